The lowest BCUT2D eigenvalue weighted by atomic mass is 10.1. The molecule has 354 valence electrons. The summed E-state index contributed by atoms with van der Waals surface area (Å²) in [4.78, 5) is 57.9. The number of aromatic nitrogens is 4. The van der Waals surface area contributed by atoms with Crippen LogP contribution in [0.2, 0.25) is 35.3 Å². The standard InChI is InChI=1S/C18H8Cl4F3N3O3S.C18H9Cl3F3N3O4S.CH2O2/c19-8-5-13(15(27-7-8)16(29)10-3-4-26-17(22)14(10)21)28-32(30,31)9-1-2-12(20)11(6-9)18(23,24)25;19-8-5-13(15(26-7-8)16(28)10-3-4-25-17(29)14(10)21)27-32(30,31)9-1-2-12(20)11(6-9)18(22,23)24;2-1-3/h1-7,28H;1-7,27H,(H,25,29);1H,(H,2,3). The van der Waals surface area contributed by atoms with Crippen molar-refractivity contribution in [3.8, 4) is 0 Å². The first-order valence-electron chi connectivity index (χ1n) is 17.0. The van der Waals surface area contributed by atoms with Gasteiger partial charge >= 0.3 is 12.4 Å². The quantitative estimate of drug-likeness (QED) is 0.0434. The van der Waals surface area contributed by atoms with Crippen LogP contribution in [0.5, 0.6) is 0 Å². The number of nitrogens with one attached hydrogen (secondary N) is 3. The minimum Gasteiger partial charge on any atom is -0.483 e. The Morgan fingerprint density at radius 2 is 1.03 bits per heavy atom. The molecule has 0 saturated carbocycles. The van der Waals surface area contributed by atoms with Crippen molar-refractivity contribution in [1.29, 1.82) is 0 Å². The summed E-state index contributed by atoms with van der Waals surface area (Å²) in [6.07, 6.45) is -5.33. The van der Waals surface area contributed by atoms with Crippen molar-refractivity contribution in [2.75, 3.05) is 9.44 Å². The summed E-state index contributed by atoms with van der Waals surface area (Å²) in [6.45, 7) is -0.250. The number of ketones is 2. The van der Waals surface area contributed by atoms with Gasteiger partial charge in [0.05, 0.1) is 57.4 Å². The smallest absolute Gasteiger partial charge is 0.417 e. The normalized spacial score (nSPS) is 11.6. The van der Waals surface area contributed by atoms with E-state index in [1.807, 2.05) is 9.44 Å². The van der Waals surface area contributed by atoms with E-state index in [1.54, 1.807) is 0 Å². The Hall–Kier alpha value is -5.24. The van der Waals surface area contributed by atoms with Gasteiger partial charge in [0, 0.05) is 35.9 Å². The Balaban J connectivity index is 0.000000276. The van der Waals surface area contributed by atoms with E-state index in [2.05, 4.69) is 19.9 Å². The predicted molar refractivity (Wildman–Crippen MR) is 235 cm³/mol. The second-order valence-electron chi connectivity index (χ2n) is 12.4. The van der Waals surface area contributed by atoms with Gasteiger partial charge in [0.1, 0.15) is 21.6 Å². The predicted octanol–water partition coefficient (Wildman–Crippen LogP) is 10.6. The van der Waals surface area contributed by atoms with Crippen molar-refractivity contribution in [2.24, 2.45) is 0 Å². The highest BCUT2D eigenvalue weighted by molar-refractivity contribution is 7.93. The zero-order chi connectivity index (χ0) is 50.4. The second-order valence-corrected chi connectivity index (χ2v) is 18.5. The van der Waals surface area contributed by atoms with Crippen molar-refractivity contribution in [2.45, 2.75) is 22.1 Å². The summed E-state index contributed by atoms with van der Waals surface area (Å²) in [6, 6.07) is 8.51. The molecule has 0 atom stereocenters. The summed E-state index contributed by atoms with van der Waals surface area (Å²) in [7, 11) is -9.26. The van der Waals surface area contributed by atoms with Crippen LogP contribution in [0.3, 0.4) is 0 Å². The summed E-state index contributed by atoms with van der Waals surface area (Å²) in [5, 5.41) is 4.55. The van der Waals surface area contributed by atoms with Crippen LogP contribution >= 0.6 is 81.2 Å². The minimum absolute atomic E-state index is 0.0507. The van der Waals surface area contributed by atoms with Gasteiger partial charge < -0.3 is 10.1 Å². The lowest BCUT2D eigenvalue weighted by molar-refractivity contribution is -0.138. The highest BCUT2D eigenvalue weighted by Crippen LogP contribution is 2.38. The van der Waals surface area contributed by atoms with Gasteiger partial charge in [0.15, 0.2) is 0 Å². The number of H-pyrrole nitrogens is 1. The lowest BCUT2D eigenvalue weighted by Gasteiger charge is -2.14. The molecule has 0 spiro atoms. The number of anilines is 2. The molecule has 0 fully saturated rings. The minimum atomic E-state index is -4.90. The zero-order valence-corrected chi connectivity index (χ0v) is 38.9. The fourth-order valence-electron chi connectivity index (χ4n) is 5.06. The molecule has 0 bridgehead atoms. The molecule has 0 aliphatic rings. The van der Waals surface area contributed by atoms with Crippen LogP contribution in [0, 0.1) is 0 Å². The first kappa shape index (κ1) is 54.4. The average Bonchev–Trinajstić information content (AvgIpc) is 3.22. The van der Waals surface area contributed by atoms with Crippen molar-refractivity contribution >= 4 is 131 Å². The number of hydrogen-bond acceptors (Lipinski definition) is 11. The molecule has 67 heavy (non-hydrogen) atoms. The number of carbonyl (C=O) groups excluding carboxylic acids is 2. The highest BCUT2D eigenvalue weighted by atomic mass is 35.5. The van der Waals surface area contributed by atoms with Gasteiger partial charge in [-0.1, -0.05) is 81.2 Å². The monoisotopic (exact) mass is 1110 g/mol. The largest absolute Gasteiger partial charge is 0.483 e. The van der Waals surface area contributed by atoms with Gasteiger partial charge in [0.25, 0.3) is 32.1 Å². The Morgan fingerprint density at radius 3 is 1.43 bits per heavy atom. The maximum atomic E-state index is 13.1. The molecular formula is C37H19Cl7F6N6O9S2. The number of pyridine rings is 4. The van der Waals surface area contributed by atoms with Crippen LogP contribution in [0.4, 0.5) is 37.7 Å². The van der Waals surface area contributed by atoms with Crippen LogP contribution in [-0.4, -0.2) is 59.9 Å². The molecule has 0 amide bonds. The molecule has 6 aromatic rings. The van der Waals surface area contributed by atoms with E-state index in [9.17, 15) is 57.6 Å². The third-order valence-corrected chi connectivity index (χ3v) is 12.9. The molecule has 6 rings (SSSR count). The van der Waals surface area contributed by atoms with E-state index in [1.165, 1.54) is 18.3 Å². The summed E-state index contributed by atoms with van der Waals surface area (Å²) in [5.74, 6) is -1.76. The number of aromatic amines is 1. The van der Waals surface area contributed by atoms with E-state index < -0.39 is 108 Å². The topological polar surface area (TPSA) is 235 Å². The third-order valence-electron chi connectivity index (χ3n) is 7.97. The number of benzene rings is 2. The number of carbonyl (C=O) groups is 3. The molecule has 0 aliphatic heterocycles. The molecule has 30 heteroatoms. The molecule has 0 aliphatic carbocycles. The maximum Gasteiger partial charge on any atom is 0.417 e. The van der Waals surface area contributed by atoms with Crippen molar-refractivity contribution in [3.05, 3.63) is 165 Å². The van der Waals surface area contributed by atoms with Crippen LogP contribution < -0.4 is 15.0 Å². The Bertz CT molecular complexity index is 3200. The fraction of sp³-hybridized carbons (Fsp3) is 0.0541. The van der Waals surface area contributed by atoms with Crippen LogP contribution in [-0.2, 0) is 37.2 Å². The van der Waals surface area contributed by atoms with Gasteiger partial charge in [-0.2, -0.15) is 26.3 Å². The Labute approximate surface area is 407 Å². The van der Waals surface area contributed by atoms with Crippen molar-refractivity contribution in [3.63, 3.8) is 0 Å². The number of halogens is 13. The Morgan fingerprint density at radius 1 is 0.627 bits per heavy atom. The molecule has 4 aromatic heterocycles. The number of nitrogens with zero attached hydrogens (tertiary/aromatic N) is 3. The molecule has 0 unspecified atom stereocenters. The molecule has 0 saturated heterocycles. The average molecular weight is 1120 g/mol. The van der Waals surface area contributed by atoms with Gasteiger partial charge in [-0.3, -0.25) is 28.6 Å². The number of alkyl halides is 6. The molecule has 4 N–H and O–H groups in total. The van der Waals surface area contributed by atoms with Gasteiger partial charge in [-0.25, -0.2) is 31.8 Å². The van der Waals surface area contributed by atoms with Crippen molar-refractivity contribution < 1.29 is 62.7 Å². The Kier molecular flexibility index (Phi) is 17.7. The summed E-state index contributed by atoms with van der Waals surface area (Å²) in [5.41, 5.74) is -5.64. The van der Waals surface area contributed by atoms with E-state index in [0.29, 0.717) is 12.1 Å². The maximum absolute atomic E-state index is 13.1. The molecule has 2 aromatic carbocycles. The molecule has 4 heterocycles. The van der Waals surface area contributed by atoms with E-state index >= 15 is 0 Å². The third kappa shape index (κ3) is 13.5. The fourth-order valence-corrected chi connectivity index (χ4v) is 8.56. The number of rotatable bonds is 10. The molecule has 15 nitrogen and oxygen atoms in total. The van der Waals surface area contributed by atoms with Gasteiger partial charge in [-0.05, 0) is 60.7 Å². The molecular weight excluding hydrogens is 1100 g/mol. The van der Waals surface area contributed by atoms with Crippen LogP contribution in [0.1, 0.15) is 43.2 Å². The summed E-state index contributed by atoms with van der Waals surface area (Å²) < 4.78 is 134. The van der Waals surface area contributed by atoms with Crippen LogP contribution in [0.25, 0.3) is 0 Å². The second kappa shape index (κ2) is 21.8. The van der Waals surface area contributed by atoms with E-state index in [0.717, 1.165) is 55.0 Å². The van der Waals surface area contributed by atoms with E-state index in [-0.39, 0.29) is 37.8 Å². The highest BCUT2D eigenvalue weighted by Gasteiger charge is 2.36. The zero-order valence-electron chi connectivity index (χ0n) is 31.9. The van der Waals surface area contributed by atoms with Crippen molar-refractivity contribution in [1.82, 2.24) is 19.9 Å². The number of sulfonamides is 2. The SMILES string of the molecule is O=C(c1cc[nH]c(=O)c1Cl)c1ncc(Cl)cc1NS(=O)(=O)c1ccc(Cl)c(C(F)(F)F)c1.O=C(c1ccnc(Cl)c1Cl)c1ncc(Cl)cc1NS(=O)(=O)c1ccc(Cl)c(C(F)(F)F)c1.O=CO. The number of hydrogen-bond donors (Lipinski definition) is 4. The first-order valence-corrected chi connectivity index (χ1v) is 22.6. The lowest BCUT2D eigenvalue weighted by Crippen LogP contribution is -2.19. The van der Waals surface area contributed by atoms with Crippen LogP contribution in [0.15, 0.2) is 100 Å². The van der Waals surface area contributed by atoms with Gasteiger partial charge in [0.2, 0.25) is 11.6 Å². The first-order chi connectivity index (χ1) is 31.0. The number of carboxylic acid groups (broad SMARTS) is 1. The molecule has 0 radical (unpaired) electrons. The van der Waals surface area contributed by atoms with Gasteiger partial charge in [-0.15, -0.1) is 0 Å². The summed E-state index contributed by atoms with van der Waals surface area (Å²) >= 11 is 40.4. The van der Waals surface area contributed by atoms with E-state index in [4.69, 9.17) is 91.1 Å².